The Morgan fingerprint density at radius 1 is 1.29 bits per heavy atom. The predicted molar refractivity (Wildman–Crippen MR) is 83.2 cm³/mol. The molecule has 2 N–H and O–H groups in total. The minimum absolute atomic E-state index is 0.000338. The van der Waals surface area contributed by atoms with Crippen molar-refractivity contribution in [3.63, 3.8) is 0 Å². The van der Waals surface area contributed by atoms with E-state index in [0.29, 0.717) is 42.2 Å². The Balaban J connectivity index is 2.04. The number of nitrogens with two attached hydrogens (primary N) is 1. The van der Waals surface area contributed by atoms with Crippen LogP contribution < -0.4 is 5.73 Å². The van der Waals surface area contributed by atoms with Crippen molar-refractivity contribution in [3.05, 3.63) is 28.8 Å². The van der Waals surface area contributed by atoms with Gasteiger partial charge in [-0.15, -0.1) is 0 Å². The summed E-state index contributed by atoms with van der Waals surface area (Å²) in [6, 6.07) is 5.07. The van der Waals surface area contributed by atoms with Crippen molar-refractivity contribution in [2.75, 3.05) is 32.9 Å². The molecule has 0 unspecified atom stereocenters. The monoisotopic (exact) mass is 309 g/mol. The van der Waals surface area contributed by atoms with Crippen molar-refractivity contribution >= 4 is 29.1 Å². The molecule has 21 heavy (non-hydrogen) atoms. The third-order valence-corrected chi connectivity index (χ3v) is 4.25. The van der Waals surface area contributed by atoms with Gasteiger partial charge < -0.3 is 15.5 Å². The van der Waals surface area contributed by atoms with Crippen molar-refractivity contribution < 1.29 is 9.59 Å². The number of piperidine rings is 1. The van der Waals surface area contributed by atoms with Gasteiger partial charge in [-0.2, -0.15) is 0 Å². The van der Waals surface area contributed by atoms with E-state index in [0.717, 1.165) is 0 Å². The highest BCUT2D eigenvalue weighted by molar-refractivity contribution is 6.36. The Morgan fingerprint density at radius 3 is 2.48 bits per heavy atom. The summed E-state index contributed by atoms with van der Waals surface area (Å²) >= 11 is 6.09. The molecular weight excluding hydrogens is 290 g/mol. The smallest absolute Gasteiger partial charge is 0.255 e. The molecule has 1 aromatic rings. The Hall–Kier alpha value is -1.75. The van der Waals surface area contributed by atoms with Crippen LogP contribution in [0.1, 0.15) is 23.2 Å². The molecule has 1 heterocycles. The van der Waals surface area contributed by atoms with Crippen LogP contribution >= 0.6 is 11.6 Å². The summed E-state index contributed by atoms with van der Waals surface area (Å²) < 4.78 is 0. The lowest BCUT2D eigenvalue weighted by Gasteiger charge is -2.32. The summed E-state index contributed by atoms with van der Waals surface area (Å²) in [6.07, 6.45) is 1.37. The molecular formula is C15H20ClN3O2. The second-order valence-electron chi connectivity index (χ2n) is 5.51. The largest absolute Gasteiger partial charge is 0.398 e. The average molecular weight is 310 g/mol. The zero-order valence-electron chi connectivity index (χ0n) is 12.3. The number of anilines is 1. The molecule has 5 nitrogen and oxygen atoms in total. The molecule has 0 aromatic heterocycles. The number of amides is 2. The number of benzene rings is 1. The molecule has 1 aliphatic heterocycles. The minimum Gasteiger partial charge on any atom is -0.398 e. The molecule has 0 bridgehead atoms. The number of rotatable bonds is 2. The van der Waals surface area contributed by atoms with Gasteiger partial charge in [0.25, 0.3) is 5.91 Å². The first-order valence-corrected chi connectivity index (χ1v) is 7.34. The second-order valence-corrected chi connectivity index (χ2v) is 5.89. The van der Waals surface area contributed by atoms with E-state index >= 15 is 0 Å². The van der Waals surface area contributed by atoms with Crippen LogP contribution in [0.15, 0.2) is 18.2 Å². The number of nitrogen functional groups attached to an aromatic ring is 1. The zero-order chi connectivity index (χ0) is 15.6. The van der Waals surface area contributed by atoms with Gasteiger partial charge >= 0.3 is 0 Å². The zero-order valence-corrected chi connectivity index (χ0v) is 13.1. The number of halogens is 1. The Morgan fingerprint density at radius 2 is 1.90 bits per heavy atom. The molecule has 114 valence electrons. The van der Waals surface area contributed by atoms with Gasteiger partial charge in [-0.05, 0) is 25.0 Å². The molecule has 2 amide bonds. The first-order valence-electron chi connectivity index (χ1n) is 6.96. The Labute approximate surface area is 129 Å². The molecule has 2 rings (SSSR count). The number of nitrogens with zero attached hydrogens (tertiary/aromatic N) is 2. The van der Waals surface area contributed by atoms with Crippen LogP contribution in [-0.4, -0.2) is 48.8 Å². The Bertz CT molecular complexity index is 552. The molecule has 0 radical (unpaired) electrons. The lowest BCUT2D eigenvalue weighted by atomic mass is 9.95. The highest BCUT2D eigenvalue weighted by atomic mass is 35.5. The normalized spacial score (nSPS) is 15.9. The molecule has 0 aliphatic carbocycles. The van der Waals surface area contributed by atoms with Gasteiger partial charge in [0.1, 0.15) is 0 Å². The number of likely N-dealkylation sites (tertiary alicyclic amines) is 1. The van der Waals surface area contributed by atoms with Crippen LogP contribution in [0.5, 0.6) is 0 Å². The van der Waals surface area contributed by atoms with E-state index in [-0.39, 0.29) is 17.7 Å². The molecule has 1 fully saturated rings. The van der Waals surface area contributed by atoms with Gasteiger partial charge in [0.15, 0.2) is 0 Å². The van der Waals surface area contributed by atoms with Crippen LogP contribution in [0.3, 0.4) is 0 Å². The standard InChI is InChI=1S/C15H20ClN3O2/c1-18(2)14(20)10-6-8-19(9-7-10)15(21)11-4-3-5-12(17)13(11)16/h3-5,10H,6-9,17H2,1-2H3. The SMILES string of the molecule is CN(C)C(=O)C1CCN(C(=O)c2cccc(N)c2Cl)CC1. The minimum atomic E-state index is -0.122. The van der Waals surface area contributed by atoms with Crippen LogP contribution in [0, 0.1) is 5.92 Å². The van der Waals surface area contributed by atoms with E-state index in [1.807, 2.05) is 0 Å². The number of carbonyl (C=O) groups excluding carboxylic acids is 2. The van der Waals surface area contributed by atoms with E-state index in [1.165, 1.54) is 0 Å². The van der Waals surface area contributed by atoms with Crippen LogP contribution in [0.4, 0.5) is 5.69 Å². The van der Waals surface area contributed by atoms with Crippen molar-refractivity contribution in [1.82, 2.24) is 9.80 Å². The van der Waals surface area contributed by atoms with E-state index in [1.54, 1.807) is 42.1 Å². The fourth-order valence-electron chi connectivity index (χ4n) is 2.58. The fourth-order valence-corrected chi connectivity index (χ4v) is 2.79. The number of hydrogen-bond acceptors (Lipinski definition) is 3. The van der Waals surface area contributed by atoms with Gasteiger partial charge in [0.2, 0.25) is 5.91 Å². The highest BCUT2D eigenvalue weighted by Crippen LogP contribution is 2.26. The van der Waals surface area contributed by atoms with Crippen molar-refractivity contribution in [2.24, 2.45) is 5.92 Å². The molecule has 0 saturated carbocycles. The van der Waals surface area contributed by atoms with Crippen molar-refractivity contribution in [3.8, 4) is 0 Å². The maximum Gasteiger partial charge on any atom is 0.255 e. The maximum atomic E-state index is 12.5. The van der Waals surface area contributed by atoms with Gasteiger partial charge in [-0.25, -0.2) is 0 Å². The van der Waals surface area contributed by atoms with E-state index in [2.05, 4.69) is 0 Å². The maximum absolute atomic E-state index is 12.5. The summed E-state index contributed by atoms with van der Waals surface area (Å²) in [5.74, 6) is 0.00695. The number of carbonyl (C=O) groups is 2. The topological polar surface area (TPSA) is 66.6 Å². The van der Waals surface area contributed by atoms with E-state index in [9.17, 15) is 9.59 Å². The van der Waals surface area contributed by atoms with Crippen LogP contribution in [0.25, 0.3) is 0 Å². The van der Waals surface area contributed by atoms with Gasteiger partial charge in [0.05, 0.1) is 16.3 Å². The lowest BCUT2D eigenvalue weighted by Crippen LogP contribution is -2.42. The van der Waals surface area contributed by atoms with Gasteiger partial charge in [-0.3, -0.25) is 9.59 Å². The molecule has 0 spiro atoms. The fraction of sp³-hybridized carbons (Fsp3) is 0.467. The molecule has 1 aromatic carbocycles. The molecule has 6 heteroatoms. The average Bonchev–Trinajstić information content (AvgIpc) is 2.48. The van der Waals surface area contributed by atoms with Gasteiger partial charge in [-0.1, -0.05) is 17.7 Å². The van der Waals surface area contributed by atoms with Crippen LogP contribution in [0.2, 0.25) is 5.02 Å². The predicted octanol–water partition coefficient (Wildman–Crippen LogP) is 1.86. The van der Waals surface area contributed by atoms with Crippen molar-refractivity contribution in [1.29, 1.82) is 0 Å². The van der Waals surface area contributed by atoms with Gasteiger partial charge in [0, 0.05) is 33.1 Å². The first kappa shape index (κ1) is 15.6. The second kappa shape index (κ2) is 6.35. The summed E-state index contributed by atoms with van der Waals surface area (Å²) in [5, 5.41) is 0.300. The lowest BCUT2D eigenvalue weighted by molar-refractivity contribution is -0.134. The Kier molecular flexibility index (Phi) is 4.73. The summed E-state index contributed by atoms with van der Waals surface area (Å²) in [5.41, 5.74) is 6.56. The number of hydrogen-bond donors (Lipinski definition) is 1. The molecule has 0 atom stereocenters. The van der Waals surface area contributed by atoms with Crippen LogP contribution in [-0.2, 0) is 4.79 Å². The summed E-state index contributed by atoms with van der Waals surface area (Å²) in [7, 11) is 3.51. The highest BCUT2D eigenvalue weighted by Gasteiger charge is 2.29. The third kappa shape index (κ3) is 3.29. The molecule has 1 aliphatic rings. The third-order valence-electron chi connectivity index (χ3n) is 3.83. The quantitative estimate of drug-likeness (QED) is 0.848. The molecule has 1 saturated heterocycles. The van der Waals surface area contributed by atoms with E-state index in [4.69, 9.17) is 17.3 Å². The summed E-state index contributed by atoms with van der Waals surface area (Å²) in [4.78, 5) is 27.7. The first-order chi connectivity index (χ1) is 9.91. The summed E-state index contributed by atoms with van der Waals surface area (Å²) in [6.45, 7) is 1.13. The van der Waals surface area contributed by atoms with E-state index < -0.39 is 0 Å². The van der Waals surface area contributed by atoms with Crippen molar-refractivity contribution in [2.45, 2.75) is 12.8 Å².